The first-order valence-electron chi connectivity index (χ1n) is 7.77. The fourth-order valence-electron chi connectivity index (χ4n) is 3.03. The fourth-order valence-corrected chi connectivity index (χ4v) is 3.03. The number of urea groups is 1. The molecular formula is C14H26N4O3. The van der Waals surface area contributed by atoms with Crippen LogP contribution in [0, 0.1) is 0 Å². The number of carbonyl (C=O) groups excluding carboxylic acids is 1. The Hall–Kier alpha value is -1.34. The van der Waals surface area contributed by atoms with Gasteiger partial charge in [0.25, 0.3) is 0 Å². The molecule has 1 saturated carbocycles. The lowest BCUT2D eigenvalue weighted by molar-refractivity contribution is -0.145. The number of nitrogens with one attached hydrogen (secondary N) is 2. The third-order valence-electron chi connectivity index (χ3n) is 4.48. The molecule has 0 aromatic carbocycles. The molecule has 3 N–H and O–H groups in total. The molecule has 1 aliphatic heterocycles. The second-order valence-electron chi connectivity index (χ2n) is 6.16. The van der Waals surface area contributed by atoms with Gasteiger partial charge in [-0.1, -0.05) is 25.7 Å². The van der Waals surface area contributed by atoms with E-state index in [9.17, 15) is 14.7 Å². The Bertz CT molecular complexity index is 372. The number of hydrogen-bond donors (Lipinski definition) is 3. The van der Waals surface area contributed by atoms with Gasteiger partial charge in [0, 0.05) is 26.2 Å². The molecule has 1 aliphatic carbocycles. The normalized spacial score (nSPS) is 24.0. The molecule has 0 unspecified atom stereocenters. The van der Waals surface area contributed by atoms with E-state index in [1.807, 2.05) is 12.1 Å². The summed E-state index contributed by atoms with van der Waals surface area (Å²) in [6.45, 7) is 3.29. The van der Waals surface area contributed by atoms with Gasteiger partial charge in [-0.05, 0) is 19.9 Å². The summed E-state index contributed by atoms with van der Waals surface area (Å²) in [5.41, 5.74) is 1.68. The number of hydrazine groups is 1. The van der Waals surface area contributed by atoms with Crippen molar-refractivity contribution in [2.45, 2.75) is 44.1 Å². The van der Waals surface area contributed by atoms with Gasteiger partial charge in [-0.2, -0.15) is 0 Å². The van der Waals surface area contributed by atoms with Crippen LogP contribution in [-0.4, -0.2) is 65.8 Å². The van der Waals surface area contributed by atoms with Crippen molar-refractivity contribution >= 4 is 12.0 Å². The number of aliphatic carboxylic acids is 1. The smallest absolute Gasteiger partial charge is 0.330 e. The van der Waals surface area contributed by atoms with Gasteiger partial charge in [-0.25, -0.2) is 14.6 Å². The topological polar surface area (TPSA) is 84.9 Å². The summed E-state index contributed by atoms with van der Waals surface area (Å²) >= 11 is 0. The number of carbonyl (C=O) groups is 2. The average molecular weight is 298 g/mol. The molecule has 2 fully saturated rings. The molecule has 1 saturated heterocycles. The molecular weight excluding hydrogens is 272 g/mol. The maximum absolute atomic E-state index is 12.1. The van der Waals surface area contributed by atoms with Crippen LogP contribution in [0.25, 0.3) is 0 Å². The number of hydrogen-bond acceptors (Lipinski definition) is 4. The monoisotopic (exact) mass is 298 g/mol. The van der Waals surface area contributed by atoms with Gasteiger partial charge in [-0.3, -0.25) is 5.43 Å². The van der Waals surface area contributed by atoms with Gasteiger partial charge in [-0.15, -0.1) is 0 Å². The summed E-state index contributed by atoms with van der Waals surface area (Å²) in [4.78, 5) is 26.0. The molecule has 2 aliphatic rings. The van der Waals surface area contributed by atoms with Crippen molar-refractivity contribution in [3.63, 3.8) is 0 Å². The van der Waals surface area contributed by atoms with Crippen molar-refractivity contribution < 1.29 is 14.7 Å². The standard InChI is InChI=1S/C14H26N4O3/c1-17-8-10-18(11-9-17)16-13(21)15-14(12(19)20)6-4-2-3-5-7-14/h2-11H2,1H3,(H,19,20)(H2,15,16,21). The van der Waals surface area contributed by atoms with E-state index in [0.29, 0.717) is 12.8 Å². The van der Waals surface area contributed by atoms with Crippen molar-refractivity contribution in [3.05, 3.63) is 0 Å². The lowest BCUT2D eigenvalue weighted by Gasteiger charge is -2.34. The van der Waals surface area contributed by atoms with Crippen LogP contribution < -0.4 is 10.7 Å². The highest BCUT2D eigenvalue weighted by atomic mass is 16.4. The minimum Gasteiger partial charge on any atom is -0.480 e. The number of likely N-dealkylation sites (N-methyl/N-ethyl adjacent to an activating group) is 1. The van der Waals surface area contributed by atoms with E-state index in [1.54, 1.807) is 0 Å². The largest absolute Gasteiger partial charge is 0.480 e. The number of rotatable bonds is 3. The zero-order valence-corrected chi connectivity index (χ0v) is 12.7. The molecule has 0 spiro atoms. The summed E-state index contributed by atoms with van der Waals surface area (Å²) < 4.78 is 0. The third-order valence-corrected chi connectivity index (χ3v) is 4.48. The second kappa shape index (κ2) is 7.09. The van der Waals surface area contributed by atoms with Crippen LogP contribution in [0.4, 0.5) is 4.79 Å². The van der Waals surface area contributed by atoms with E-state index < -0.39 is 17.5 Å². The Morgan fingerprint density at radius 3 is 2.10 bits per heavy atom. The molecule has 7 nitrogen and oxygen atoms in total. The van der Waals surface area contributed by atoms with Gasteiger partial charge in [0.1, 0.15) is 5.54 Å². The molecule has 0 aromatic rings. The second-order valence-corrected chi connectivity index (χ2v) is 6.16. The summed E-state index contributed by atoms with van der Waals surface area (Å²) in [5.74, 6) is -0.919. The number of nitrogens with zero attached hydrogens (tertiary/aromatic N) is 2. The molecule has 0 bridgehead atoms. The van der Waals surface area contributed by atoms with Gasteiger partial charge in [0.15, 0.2) is 0 Å². The van der Waals surface area contributed by atoms with Gasteiger partial charge >= 0.3 is 12.0 Å². The highest BCUT2D eigenvalue weighted by molar-refractivity contribution is 5.86. The number of carboxylic acids is 1. The molecule has 0 atom stereocenters. The molecule has 0 radical (unpaired) electrons. The Morgan fingerprint density at radius 2 is 1.57 bits per heavy atom. The Morgan fingerprint density at radius 1 is 1.00 bits per heavy atom. The number of carboxylic acid groups (broad SMARTS) is 1. The molecule has 1 heterocycles. The average Bonchev–Trinajstić information content (AvgIpc) is 2.68. The van der Waals surface area contributed by atoms with E-state index in [1.165, 1.54) is 0 Å². The summed E-state index contributed by atoms with van der Waals surface area (Å²) in [5, 5.41) is 14.1. The summed E-state index contributed by atoms with van der Waals surface area (Å²) in [6, 6.07) is -0.399. The lowest BCUT2D eigenvalue weighted by atomic mass is 9.90. The van der Waals surface area contributed by atoms with E-state index >= 15 is 0 Å². The lowest BCUT2D eigenvalue weighted by Crippen LogP contribution is -2.61. The van der Waals surface area contributed by atoms with Gasteiger partial charge in [0.2, 0.25) is 0 Å². The minimum absolute atomic E-state index is 0.399. The molecule has 7 heteroatoms. The summed E-state index contributed by atoms with van der Waals surface area (Å²) in [7, 11) is 2.04. The Labute approximate surface area is 125 Å². The quantitative estimate of drug-likeness (QED) is 0.665. The van der Waals surface area contributed by atoms with Crippen molar-refractivity contribution in [3.8, 4) is 0 Å². The van der Waals surface area contributed by atoms with Crippen LogP contribution in [0.3, 0.4) is 0 Å². The molecule has 21 heavy (non-hydrogen) atoms. The van der Waals surface area contributed by atoms with Crippen LogP contribution in [0.1, 0.15) is 38.5 Å². The molecule has 2 rings (SSSR count). The number of amides is 2. The fraction of sp³-hybridized carbons (Fsp3) is 0.857. The van der Waals surface area contributed by atoms with Crippen LogP contribution >= 0.6 is 0 Å². The van der Waals surface area contributed by atoms with Crippen molar-refractivity contribution in [1.29, 1.82) is 0 Å². The van der Waals surface area contributed by atoms with Gasteiger partial charge in [0.05, 0.1) is 0 Å². The number of piperazine rings is 1. The molecule has 0 aromatic heterocycles. The van der Waals surface area contributed by atoms with E-state index in [-0.39, 0.29) is 0 Å². The van der Waals surface area contributed by atoms with Crippen LogP contribution in [-0.2, 0) is 4.79 Å². The highest BCUT2D eigenvalue weighted by Crippen LogP contribution is 2.27. The SMILES string of the molecule is CN1CCN(NC(=O)NC2(C(=O)O)CCCCCC2)CC1. The van der Waals surface area contributed by atoms with E-state index in [0.717, 1.165) is 51.9 Å². The maximum atomic E-state index is 12.1. The van der Waals surface area contributed by atoms with Gasteiger partial charge < -0.3 is 15.3 Å². The predicted molar refractivity (Wildman–Crippen MR) is 78.8 cm³/mol. The van der Waals surface area contributed by atoms with Crippen molar-refractivity contribution in [1.82, 2.24) is 20.7 Å². The molecule has 120 valence electrons. The molecule has 2 amide bonds. The first-order chi connectivity index (χ1) is 10.0. The zero-order chi connectivity index (χ0) is 15.3. The predicted octanol–water partition coefficient (Wildman–Crippen LogP) is 0.626. The van der Waals surface area contributed by atoms with Crippen LogP contribution in [0.2, 0.25) is 0 Å². The van der Waals surface area contributed by atoms with Crippen LogP contribution in [0.5, 0.6) is 0 Å². The maximum Gasteiger partial charge on any atom is 0.330 e. The zero-order valence-electron chi connectivity index (χ0n) is 12.7. The van der Waals surface area contributed by atoms with Crippen molar-refractivity contribution in [2.75, 3.05) is 33.2 Å². The minimum atomic E-state index is -1.10. The van der Waals surface area contributed by atoms with E-state index in [4.69, 9.17) is 0 Å². The first-order valence-corrected chi connectivity index (χ1v) is 7.77. The Balaban J connectivity index is 1.90. The first kappa shape index (κ1) is 16.0. The summed E-state index contributed by atoms with van der Waals surface area (Å²) in [6.07, 6.45) is 4.80. The van der Waals surface area contributed by atoms with Crippen molar-refractivity contribution in [2.24, 2.45) is 0 Å². The Kier molecular flexibility index (Phi) is 5.41. The third kappa shape index (κ3) is 4.31. The van der Waals surface area contributed by atoms with Crippen LogP contribution in [0.15, 0.2) is 0 Å². The highest BCUT2D eigenvalue weighted by Gasteiger charge is 2.40. The van der Waals surface area contributed by atoms with E-state index in [2.05, 4.69) is 15.6 Å².